The molecule has 148 valence electrons. The van der Waals surface area contributed by atoms with Gasteiger partial charge in [-0.15, -0.1) is 0 Å². The van der Waals surface area contributed by atoms with Gasteiger partial charge in [0, 0.05) is 29.3 Å². The zero-order valence-electron chi connectivity index (χ0n) is 15.6. The van der Waals surface area contributed by atoms with Crippen molar-refractivity contribution in [3.8, 4) is 22.4 Å². The summed E-state index contributed by atoms with van der Waals surface area (Å²) in [7, 11) is 0. The quantitative estimate of drug-likeness (QED) is 0.617. The Morgan fingerprint density at radius 3 is 2.79 bits per heavy atom. The van der Waals surface area contributed by atoms with Gasteiger partial charge >= 0.3 is 0 Å². The van der Waals surface area contributed by atoms with Crippen LogP contribution in [-0.2, 0) is 4.79 Å². The van der Waals surface area contributed by atoms with E-state index >= 15 is 0 Å². The first-order valence-electron chi connectivity index (χ1n) is 9.38. The number of benzene rings is 1. The molecule has 0 bridgehead atoms. The number of anilines is 1. The number of halogens is 1. The highest BCUT2D eigenvalue weighted by molar-refractivity contribution is 5.77. The van der Waals surface area contributed by atoms with Crippen LogP contribution in [-0.4, -0.2) is 26.9 Å². The molecule has 1 fully saturated rings. The summed E-state index contributed by atoms with van der Waals surface area (Å²) < 4.78 is 14.5. The summed E-state index contributed by atoms with van der Waals surface area (Å²) in [5.41, 5.74) is 6.98. The Bertz CT molecular complexity index is 1110. The molecule has 1 aliphatic rings. The van der Waals surface area contributed by atoms with Crippen molar-refractivity contribution in [2.45, 2.75) is 25.3 Å². The van der Waals surface area contributed by atoms with Crippen molar-refractivity contribution in [3.63, 3.8) is 0 Å². The van der Waals surface area contributed by atoms with Gasteiger partial charge in [-0.25, -0.2) is 14.4 Å². The van der Waals surface area contributed by atoms with Crippen LogP contribution in [0.5, 0.6) is 0 Å². The normalized spacial score (nSPS) is 18.5. The van der Waals surface area contributed by atoms with E-state index in [1.54, 1.807) is 42.6 Å². The van der Waals surface area contributed by atoms with Gasteiger partial charge in [0.15, 0.2) is 5.82 Å². The van der Waals surface area contributed by atoms with E-state index in [1.807, 2.05) is 0 Å². The van der Waals surface area contributed by atoms with Crippen LogP contribution >= 0.6 is 0 Å². The Labute approximate surface area is 166 Å². The first-order chi connectivity index (χ1) is 14.0. The molecule has 1 saturated carbocycles. The maximum atomic E-state index is 14.5. The topological polar surface area (TPSA) is 114 Å². The molecule has 1 amide bonds. The molecule has 3 aromatic rings. The molecule has 8 heteroatoms. The van der Waals surface area contributed by atoms with Crippen molar-refractivity contribution < 1.29 is 9.18 Å². The second-order valence-corrected chi connectivity index (χ2v) is 7.14. The van der Waals surface area contributed by atoms with Gasteiger partial charge in [-0.3, -0.25) is 9.59 Å². The van der Waals surface area contributed by atoms with E-state index in [9.17, 15) is 14.0 Å². The number of H-pyrrole nitrogens is 1. The minimum atomic E-state index is -0.559. The van der Waals surface area contributed by atoms with E-state index in [-0.39, 0.29) is 29.1 Å². The van der Waals surface area contributed by atoms with Gasteiger partial charge in [-0.05, 0) is 43.0 Å². The third kappa shape index (κ3) is 4.01. The number of carbonyl (C=O) groups excluding carboxylic acids is 1. The lowest BCUT2D eigenvalue weighted by Gasteiger charge is -2.13. The highest BCUT2D eigenvalue weighted by Crippen LogP contribution is 2.29. The van der Waals surface area contributed by atoms with Crippen molar-refractivity contribution in [1.29, 1.82) is 0 Å². The predicted octanol–water partition coefficient (Wildman–Crippen LogP) is 2.70. The van der Waals surface area contributed by atoms with Crippen molar-refractivity contribution in [3.05, 3.63) is 65.0 Å². The first kappa shape index (κ1) is 18.8. The molecule has 29 heavy (non-hydrogen) atoms. The highest BCUT2D eigenvalue weighted by Gasteiger charge is 2.29. The van der Waals surface area contributed by atoms with Gasteiger partial charge in [0.2, 0.25) is 11.9 Å². The molecule has 0 aliphatic heterocycles. The number of aromatic amines is 1. The molecule has 0 unspecified atom stereocenters. The van der Waals surface area contributed by atoms with Crippen LogP contribution in [0.4, 0.5) is 10.3 Å². The Balaban J connectivity index is 1.62. The summed E-state index contributed by atoms with van der Waals surface area (Å²) in [4.78, 5) is 34.4. The zero-order valence-corrected chi connectivity index (χ0v) is 15.6. The molecule has 0 radical (unpaired) electrons. The average molecular weight is 393 g/mol. The Hall–Kier alpha value is -3.55. The van der Waals surface area contributed by atoms with Crippen LogP contribution in [0, 0.1) is 11.7 Å². The van der Waals surface area contributed by atoms with Gasteiger partial charge in [0.05, 0.1) is 6.20 Å². The summed E-state index contributed by atoms with van der Waals surface area (Å²) in [6.07, 6.45) is 4.78. The molecule has 1 aliphatic carbocycles. The van der Waals surface area contributed by atoms with E-state index in [4.69, 9.17) is 5.73 Å². The zero-order chi connectivity index (χ0) is 20.4. The van der Waals surface area contributed by atoms with Crippen LogP contribution in [0.25, 0.3) is 22.4 Å². The van der Waals surface area contributed by atoms with E-state index < -0.39 is 5.82 Å². The van der Waals surface area contributed by atoms with Crippen molar-refractivity contribution >= 4 is 11.9 Å². The Morgan fingerprint density at radius 1 is 1.21 bits per heavy atom. The molecule has 1 aromatic carbocycles. The second-order valence-electron chi connectivity index (χ2n) is 7.14. The number of nitrogens with zero attached hydrogens (tertiary/aromatic N) is 2. The van der Waals surface area contributed by atoms with Crippen LogP contribution in [0.15, 0.2) is 53.6 Å². The lowest BCUT2D eigenvalue weighted by molar-refractivity contribution is -0.121. The highest BCUT2D eigenvalue weighted by atomic mass is 19.1. The molecular formula is C21H20FN5O2. The number of rotatable bonds is 5. The molecule has 2 atom stereocenters. The monoisotopic (exact) mass is 393 g/mol. The number of hydrogen-bond acceptors (Lipinski definition) is 5. The molecular weight excluding hydrogens is 373 g/mol. The molecule has 0 saturated heterocycles. The molecule has 2 heterocycles. The minimum absolute atomic E-state index is 0.0139. The van der Waals surface area contributed by atoms with Crippen molar-refractivity contribution in [2.24, 2.45) is 11.7 Å². The lowest BCUT2D eigenvalue weighted by atomic mass is 10.0. The number of hydrogen-bond donors (Lipinski definition) is 3. The average Bonchev–Trinajstić information content (AvgIpc) is 3.19. The number of aromatic nitrogens is 3. The molecule has 4 rings (SSSR count). The van der Waals surface area contributed by atoms with E-state index in [2.05, 4.69) is 20.3 Å². The molecule has 4 N–H and O–H groups in total. The van der Waals surface area contributed by atoms with Crippen LogP contribution in [0.1, 0.15) is 19.3 Å². The summed E-state index contributed by atoms with van der Waals surface area (Å²) in [6.45, 7) is 0. The van der Waals surface area contributed by atoms with Crippen LogP contribution in [0.2, 0.25) is 0 Å². The maximum Gasteiger partial charge on any atom is 0.255 e. The smallest absolute Gasteiger partial charge is 0.255 e. The number of amides is 1. The van der Waals surface area contributed by atoms with E-state index in [0.717, 1.165) is 12.6 Å². The Kier molecular flexibility index (Phi) is 5.07. The van der Waals surface area contributed by atoms with Gasteiger partial charge in [-0.1, -0.05) is 18.2 Å². The summed E-state index contributed by atoms with van der Waals surface area (Å²) in [6, 6.07) is 10.4. The Morgan fingerprint density at radius 2 is 2.03 bits per heavy atom. The first-order valence-corrected chi connectivity index (χ1v) is 9.38. The van der Waals surface area contributed by atoms with E-state index in [0.29, 0.717) is 35.5 Å². The third-order valence-electron chi connectivity index (χ3n) is 5.18. The van der Waals surface area contributed by atoms with Crippen molar-refractivity contribution in [2.75, 3.05) is 5.32 Å². The summed E-state index contributed by atoms with van der Waals surface area (Å²) in [5, 5.41) is 3.17. The van der Waals surface area contributed by atoms with E-state index in [1.165, 1.54) is 0 Å². The maximum absolute atomic E-state index is 14.5. The van der Waals surface area contributed by atoms with Crippen molar-refractivity contribution in [1.82, 2.24) is 15.0 Å². The predicted molar refractivity (Wildman–Crippen MR) is 107 cm³/mol. The fourth-order valence-electron chi connectivity index (χ4n) is 3.68. The van der Waals surface area contributed by atoms with Gasteiger partial charge in [0.1, 0.15) is 5.69 Å². The SMILES string of the molecule is NC(=O)[C@@H]1CC[C@H](Nc2ncc(F)c(-c3cccc(-c4ccc[nH]c4=O)c3)n2)C1. The largest absolute Gasteiger partial charge is 0.369 e. The number of pyridine rings is 1. The number of nitrogens with two attached hydrogens (primary N) is 1. The third-order valence-corrected chi connectivity index (χ3v) is 5.18. The number of nitrogens with one attached hydrogen (secondary N) is 2. The molecule has 2 aromatic heterocycles. The van der Waals surface area contributed by atoms with Crippen LogP contribution in [0.3, 0.4) is 0 Å². The minimum Gasteiger partial charge on any atom is -0.369 e. The lowest BCUT2D eigenvalue weighted by Crippen LogP contribution is -2.23. The van der Waals surface area contributed by atoms with Gasteiger partial charge in [-0.2, -0.15) is 0 Å². The molecule has 0 spiro atoms. The standard InChI is InChI=1S/C21H20FN5O2/c22-17-11-25-21(26-15-7-6-14(10-15)19(23)28)27-18(17)13-4-1-3-12(9-13)16-5-2-8-24-20(16)29/h1-5,8-9,11,14-15H,6-7,10H2,(H2,23,28)(H,24,29)(H,25,26,27)/t14-,15+/m1/s1. The second kappa shape index (κ2) is 7.83. The fraction of sp³-hybridized carbons (Fsp3) is 0.238. The summed E-state index contributed by atoms with van der Waals surface area (Å²) >= 11 is 0. The van der Waals surface area contributed by atoms with Gasteiger partial charge in [0.25, 0.3) is 5.56 Å². The van der Waals surface area contributed by atoms with Gasteiger partial charge < -0.3 is 16.0 Å². The summed E-state index contributed by atoms with van der Waals surface area (Å²) in [5.74, 6) is -0.730. The molecule has 7 nitrogen and oxygen atoms in total. The van der Waals surface area contributed by atoms with Crippen LogP contribution < -0.4 is 16.6 Å². The number of primary amides is 1. The number of carbonyl (C=O) groups is 1. The fourth-order valence-corrected chi connectivity index (χ4v) is 3.68.